The van der Waals surface area contributed by atoms with E-state index < -0.39 is 28.0 Å². The molecule has 1 aromatic carbocycles. The number of piperidine rings is 1. The molecule has 1 aliphatic rings. The first-order valence-electron chi connectivity index (χ1n) is 7.72. The minimum atomic E-state index is -3.86. The number of benzene rings is 1. The number of carboxylic acids is 1. The first kappa shape index (κ1) is 18.4. The van der Waals surface area contributed by atoms with Crippen molar-refractivity contribution < 1.29 is 23.1 Å². The Morgan fingerprint density at radius 1 is 1.29 bits per heavy atom. The molecule has 0 aromatic heterocycles. The number of rotatable bonds is 4. The number of aliphatic carboxylic acids is 1. The molecule has 2 rings (SSSR count). The Kier molecular flexibility index (Phi) is 5.29. The molecule has 0 radical (unpaired) electrons. The maximum absolute atomic E-state index is 12.9. The smallest absolute Gasteiger partial charge is 0.308 e. The Morgan fingerprint density at radius 2 is 1.96 bits per heavy atom. The molecule has 7 nitrogen and oxygen atoms in total. The lowest BCUT2D eigenvalue weighted by atomic mass is 9.92. The predicted octanol–water partition coefficient (Wildman–Crippen LogP) is 1.26. The molecule has 24 heavy (non-hydrogen) atoms. The van der Waals surface area contributed by atoms with Gasteiger partial charge in [-0.05, 0) is 38.0 Å². The summed E-state index contributed by atoms with van der Waals surface area (Å²) in [4.78, 5) is 24.7. The first-order valence-corrected chi connectivity index (χ1v) is 9.16. The van der Waals surface area contributed by atoms with Crippen LogP contribution in [-0.2, 0) is 14.8 Å². The molecule has 1 amide bonds. The Labute approximate surface area is 141 Å². The standard InChI is InChI=1S/C16H22N2O5S/c1-11-14(16(20)21)8-5-9-18(11)24(22,23)13-7-4-6-12(10-13)15(19)17(2)3/h4,6-7,10-11,14H,5,8-9H2,1-3H3,(H,20,21)/t11-,14-/m1/s1. The predicted molar refractivity (Wildman–Crippen MR) is 88.2 cm³/mol. The molecule has 0 aliphatic carbocycles. The Morgan fingerprint density at radius 3 is 2.54 bits per heavy atom. The molecule has 1 heterocycles. The summed E-state index contributed by atoms with van der Waals surface area (Å²) in [6.45, 7) is 1.89. The van der Waals surface area contributed by atoms with E-state index in [4.69, 9.17) is 0 Å². The largest absolute Gasteiger partial charge is 0.481 e. The van der Waals surface area contributed by atoms with Crippen LogP contribution in [0.25, 0.3) is 0 Å². The van der Waals surface area contributed by atoms with Gasteiger partial charge in [0.05, 0.1) is 10.8 Å². The van der Waals surface area contributed by atoms with Crippen LogP contribution in [0, 0.1) is 5.92 Å². The monoisotopic (exact) mass is 354 g/mol. The molecular formula is C16H22N2O5S. The van der Waals surface area contributed by atoms with Gasteiger partial charge in [-0.15, -0.1) is 0 Å². The zero-order chi connectivity index (χ0) is 18.1. The van der Waals surface area contributed by atoms with Crippen molar-refractivity contribution in [3.8, 4) is 0 Å². The summed E-state index contributed by atoms with van der Waals surface area (Å²) >= 11 is 0. The molecule has 2 atom stereocenters. The Bertz CT molecular complexity index is 745. The number of hydrogen-bond donors (Lipinski definition) is 1. The van der Waals surface area contributed by atoms with E-state index >= 15 is 0 Å². The van der Waals surface area contributed by atoms with Gasteiger partial charge in [0, 0.05) is 32.2 Å². The van der Waals surface area contributed by atoms with Crippen LogP contribution in [0.2, 0.25) is 0 Å². The van der Waals surface area contributed by atoms with Crippen molar-refractivity contribution in [3.05, 3.63) is 29.8 Å². The van der Waals surface area contributed by atoms with E-state index in [-0.39, 0.29) is 22.9 Å². The van der Waals surface area contributed by atoms with E-state index in [2.05, 4.69) is 0 Å². The molecule has 1 saturated heterocycles. The van der Waals surface area contributed by atoms with Gasteiger partial charge in [-0.3, -0.25) is 9.59 Å². The lowest BCUT2D eigenvalue weighted by Gasteiger charge is -2.36. The van der Waals surface area contributed by atoms with E-state index in [1.807, 2.05) is 0 Å². The number of carbonyl (C=O) groups is 2. The summed E-state index contributed by atoms with van der Waals surface area (Å²) in [6.07, 6.45) is 0.957. The third-order valence-corrected chi connectivity index (χ3v) is 6.32. The van der Waals surface area contributed by atoms with E-state index in [9.17, 15) is 23.1 Å². The SMILES string of the molecule is C[C@@H]1[C@H](C(=O)O)CCCN1S(=O)(=O)c1cccc(C(=O)N(C)C)c1. The highest BCUT2D eigenvalue weighted by atomic mass is 32.2. The summed E-state index contributed by atoms with van der Waals surface area (Å²) in [5, 5.41) is 9.27. The average Bonchev–Trinajstić information content (AvgIpc) is 2.53. The molecule has 1 aliphatic heterocycles. The third kappa shape index (κ3) is 3.44. The van der Waals surface area contributed by atoms with E-state index in [1.54, 1.807) is 27.1 Å². The Balaban J connectivity index is 2.38. The van der Waals surface area contributed by atoms with Crippen molar-refractivity contribution in [1.29, 1.82) is 0 Å². The molecule has 1 N–H and O–H groups in total. The number of carbonyl (C=O) groups excluding carboxylic acids is 1. The van der Waals surface area contributed by atoms with Crippen LogP contribution in [0.4, 0.5) is 0 Å². The Hall–Kier alpha value is -1.93. The fourth-order valence-corrected chi connectivity index (χ4v) is 4.72. The van der Waals surface area contributed by atoms with Gasteiger partial charge in [-0.25, -0.2) is 8.42 Å². The van der Waals surface area contributed by atoms with Gasteiger partial charge in [0.15, 0.2) is 0 Å². The van der Waals surface area contributed by atoms with Crippen LogP contribution in [0.3, 0.4) is 0 Å². The van der Waals surface area contributed by atoms with Crippen LogP contribution in [-0.4, -0.2) is 61.3 Å². The van der Waals surface area contributed by atoms with Gasteiger partial charge >= 0.3 is 5.97 Å². The zero-order valence-electron chi connectivity index (χ0n) is 14.0. The molecule has 1 fully saturated rings. The molecule has 8 heteroatoms. The third-order valence-electron chi connectivity index (χ3n) is 4.34. The van der Waals surface area contributed by atoms with Crippen LogP contribution >= 0.6 is 0 Å². The first-order chi connectivity index (χ1) is 11.2. The van der Waals surface area contributed by atoms with Crippen molar-refractivity contribution in [2.45, 2.75) is 30.7 Å². The van der Waals surface area contributed by atoms with E-state index in [1.165, 1.54) is 27.4 Å². The van der Waals surface area contributed by atoms with Crippen LogP contribution in [0.5, 0.6) is 0 Å². The molecular weight excluding hydrogens is 332 g/mol. The normalized spacial score (nSPS) is 22.1. The van der Waals surface area contributed by atoms with Crippen LogP contribution in [0.1, 0.15) is 30.1 Å². The second-order valence-corrected chi connectivity index (χ2v) is 8.06. The van der Waals surface area contributed by atoms with Crippen molar-refractivity contribution >= 4 is 21.9 Å². The van der Waals surface area contributed by atoms with E-state index in [0.29, 0.717) is 12.8 Å². The second-order valence-electron chi connectivity index (χ2n) is 6.17. The molecule has 0 saturated carbocycles. The van der Waals surface area contributed by atoms with E-state index in [0.717, 1.165) is 0 Å². The van der Waals surface area contributed by atoms with Crippen molar-refractivity contribution in [2.24, 2.45) is 5.92 Å². The van der Waals surface area contributed by atoms with Crippen LogP contribution < -0.4 is 0 Å². The fraction of sp³-hybridized carbons (Fsp3) is 0.500. The maximum Gasteiger partial charge on any atom is 0.308 e. The molecule has 132 valence electrons. The highest BCUT2D eigenvalue weighted by Gasteiger charge is 2.39. The average molecular weight is 354 g/mol. The molecule has 0 spiro atoms. The second kappa shape index (κ2) is 6.90. The molecule has 0 unspecified atom stereocenters. The quantitative estimate of drug-likeness (QED) is 0.878. The summed E-state index contributed by atoms with van der Waals surface area (Å²) in [5.74, 6) is -2.00. The number of nitrogens with zero attached hydrogens (tertiary/aromatic N) is 2. The summed E-state index contributed by atoms with van der Waals surface area (Å²) in [5.41, 5.74) is 0.278. The number of sulfonamides is 1. The number of hydrogen-bond acceptors (Lipinski definition) is 4. The topological polar surface area (TPSA) is 95.0 Å². The van der Waals surface area contributed by atoms with Crippen LogP contribution in [0.15, 0.2) is 29.2 Å². The summed E-state index contributed by atoms with van der Waals surface area (Å²) < 4.78 is 27.1. The lowest BCUT2D eigenvalue weighted by Crippen LogP contribution is -2.49. The fourth-order valence-electron chi connectivity index (χ4n) is 2.96. The van der Waals surface area contributed by atoms with Crippen molar-refractivity contribution in [2.75, 3.05) is 20.6 Å². The minimum absolute atomic E-state index is 0.00749. The van der Waals surface area contributed by atoms with Gasteiger partial charge in [-0.1, -0.05) is 6.07 Å². The molecule has 1 aromatic rings. The summed E-state index contributed by atoms with van der Waals surface area (Å²) in [6, 6.07) is 5.22. The lowest BCUT2D eigenvalue weighted by molar-refractivity contribution is -0.144. The van der Waals surface area contributed by atoms with Gasteiger partial charge in [0.25, 0.3) is 5.91 Å². The molecule has 0 bridgehead atoms. The maximum atomic E-state index is 12.9. The number of carboxylic acid groups (broad SMARTS) is 1. The highest BCUT2D eigenvalue weighted by molar-refractivity contribution is 7.89. The highest BCUT2D eigenvalue weighted by Crippen LogP contribution is 2.29. The zero-order valence-corrected chi connectivity index (χ0v) is 14.8. The number of amides is 1. The van der Waals surface area contributed by atoms with Gasteiger partial charge < -0.3 is 10.0 Å². The van der Waals surface area contributed by atoms with Crippen molar-refractivity contribution in [3.63, 3.8) is 0 Å². The van der Waals surface area contributed by atoms with Gasteiger partial charge in [0.2, 0.25) is 10.0 Å². The van der Waals surface area contributed by atoms with Gasteiger partial charge in [-0.2, -0.15) is 4.31 Å². The summed E-state index contributed by atoms with van der Waals surface area (Å²) in [7, 11) is -0.678. The van der Waals surface area contributed by atoms with Crippen molar-refractivity contribution in [1.82, 2.24) is 9.21 Å². The minimum Gasteiger partial charge on any atom is -0.481 e. The van der Waals surface area contributed by atoms with Gasteiger partial charge in [0.1, 0.15) is 0 Å².